The van der Waals surface area contributed by atoms with Crippen molar-refractivity contribution in [2.75, 3.05) is 45.9 Å². The Kier molecular flexibility index (Phi) is 6.69. The van der Waals surface area contributed by atoms with Crippen molar-refractivity contribution in [3.8, 4) is 5.69 Å². The van der Waals surface area contributed by atoms with E-state index in [2.05, 4.69) is 56.7 Å². The van der Waals surface area contributed by atoms with Gasteiger partial charge in [-0.3, -0.25) is 9.80 Å². The van der Waals surface area contributed by atoms with E-state index < -0.39 is 0 Å². The van der Waals surface area contributed by atoms with Crippen LogP contribution in [-0.2, 0) is 11.3 Å². The molecule has 1 aromatic heterocycles. The predicted octanol–water partition coefficient (Wildman–Crippen LogP) is 2.92. The van der Waals surface area contributed by atoms with Crippen LogP contribution in [0.5, 0.6) is 0 Å². The number of likely N-dealkylation sites (tertiary alicyclic amines) is 1. The van der Waals surface area contributed by atoms with Gasteiger partial charge in [-0.2, -0.15) is 0 Å². The molecule has 2 aliphatic rings. The van der Waals surface area contributed by atoms with E-state index in [0.29, 0.717) is 12.6 Å². The average Bonchev–Trinajstić information content (AvgIpc) is 3.22. The SMILES string of the molecule is CCOC(=O)N1CCN([C@@H]2CCCN(Cc3nccn3-c3cccc(C)c3)C2)CC1. The number of piperidine rings is 1. The summed E-state index contributed by atoms with van der Waals surface area (Å²) < 4.78 is 7.35. The molecule has 0 aliphatic carbocycles. The molecule has 162 valence electrons. The largest absolute Gasteiger partial charge is 0.450 e. The molecule has 1 aromatic carbocycles. The van der Waals surface area contributed by atoms with E-state index in [1.54, 1.807) is 0 Å². The molecule has 1 atom stereocenters. The van der Waals surface area contributed by atoms with Crippen LogP contribution in [0.1, 0.15) is 31.2 Å². The van der Waals surface area contributed by atoms with Gasteiger partial charge in [-0.25, -0.2) is 9.78 Å². The van der Waals surface area contributed by atoms with Crippen molar-refractivity contribution in [3.05, 3.63) is 48.0 Å². The van der Waals surface area contributed by atoms with Crippen LogP contribution in [0, 0.1) is 6.92 Å². The quantitative estimate of drug-likeness (QED) is 0.757. The normalized spacial score (nSPS) is 21.0. The maximum atomic E-state index is 11.9. The van der Waals surface area contributed by atoms with Crippen molar-refractivity contribution >= 4 is 6.09 Å². The molecule has 0 unspecified atom stereocenters. The summed E-state index contributed by atoms with van der Waals surface area (Å²) in [5.41, 5.74) is 2.43. The van der Waals surface area contributed by atoms with Crippen molar-refractivity contribution in [3.63, 3.8) is 0 Å². The number of benzene rings is 1. The van der Waals surface area contributed by atoms with Crippen molar-refractivity contribution in [2.45, 2.75) is 39.3 Å². The third-order valence-electron chi connectivity index (χ3n) is 6.20. The molecule has 0 spiro atoms. The molecular formula is C23H33N5O2. The van der Waals surface area contributed by atoms with Gasteiger partial charge in [-0.05, 0) is 50.9 Å². The van der Waals surface area contributed by atoms with E-state index >= 15 is 0 Å². The average molecular weight is 412 g/mol. The maximum Gasteiger partial charge on any atom is 0.409 e. The minimum Gasteiger partial charge on any atom is -0.450 e. The van der Waals surface area contributed by atoms with Crippen molar-refractivity contribution in [1.29, 1.82) is 0 Å². The highest BCUT2D eigenvalue weighted by atomic mass is 16.6. The molecular weight excluding hydrogens is 378 g/mol. The molecule has 0 saturated carbocycles. The molecule has 4 rings (SSSR count). The lowest BCUT2D eigenvalue weighted by Gasteiger charge is -2.43. The summed E-state index contributed by atoms with van der Waals surface area (Å²) in [6.45, 7) is 10.8. The number of hydrogen-bond donors (Lipinski definition) is 0. The zero-order valence-corrected chi connectivity index (χ0v) is 18.2. The van der Waals surface area contributed by atoms with Gasteiger partial charge in [0.15, 0.2) is 0 Å². The highest BCUT2D eigenvalue weighted by Crippen LogP contribution is 2.21. The minimum atomic E-state index is -0.176. The molecule has 7 nitrogen and oxygen atoms in total. The highest BCUT2D eigenvalue weighted by Gasteiger charge is 2.30. The topological polar surface area (TPSA) is 53.8 Å². The first kappa shape index (κ1) is 20.9. The maximum absolute atomic E-state index is 11.9. The van der Waals surface area contributed by atoms with Crippen molar-refractivity contribution in [2.24, 2.45) is 0 Å². The second-order valence-corrected chi connectivity index (χ2v) is 8.31. The molecule has 2 aromatic rings. The Hall–Kier alpha value is -2.38. The molecule has 0 radical (unpaired) electrons. The van der Waals surface area contributed by atoms with E-state index in [0.717, 1.165) is 51.6 Å². The van der Waals surface area contributed by atoms with E-state index in [-0.39, 0.29) is 6.09 Å². The lowest BCUT2D eigenvalue weighted by atomic mass is 10.0. The number of piperazine rings is 1. The Morgan fingerprint density at radius 3 is 2.80 bits per heavy atom. The number of aryl methyl sites for hydroxylation is 1. The van der Waals surface area contributed by atoms with Crippen molar-refractivity contribution < 1.29 is 9.53 Å². The lowest BCUT2D eigenvalue weighted by Crippen LogP contribution is -2.55. The van der Waals surface area contributed by atoms with E-state index in [4.69, 9.17) is 4.74 Å². The van der Waals surface area contributed by atoms with Gasteiger partial charge < -0.3 is 14.2 Å². The highest BCUT2D eigenvalue weighted by molar-refractivity contribution is 5.67. The molecule has 0 bridgehead atoms. The predicted molar refractivity (Wildman–Crippen MR) is 117 cm³/mol. The Morgan fingerprint density at radius 1 is 1.20 bits per heavy atom. The summed E-state index contributed by atoms with van der Waals surface area (Å²) in [6.07, 6.45) is 6.20. The van der Waals surface area contributed by atoms with Gasteiger partial charge in [0.25, 0.3) is 0 Å². The third-order valence-corrected chi connectivity index (χ3v) is 6.20. The molecule has 0 N–H and O–H groups in total. The molecule has 2 aliphatic heterocycles. The van der Waals surface area contributed by atoms with Crippen LogP contribution in [-0.4, -0.2) is 82.3 Å². The van der Waals surface area contributed by atoms with Gasteiger partial charge in [0.05, 0.1) is 13.2 Å². The van der Waals surface area contributed by atoms with Gasteiger partial charge in [0.1, 0.15) is 5.82 Å². The first-order chi connectivity index (χ1) is 14.6. The van der Waals surface area contributed by atoms with E-state index in [9.17, 15) is 4.79 Å². The van der Waals surface area contributed by atoms with Gasteiger partial charge >= 0.3 is 6.09 Å². The summed E-state index contributed by atoms with van der Waals surface area (Å²) in [5.74, 6) is 1.09. The smallest absolute Gasteiger partial charge is 0.409 e. The van der Waals surface area contributed by atoms with Crippen molar-refractivity contribution in [1.82, 2.24) is 24.3 Å². The molecule has 3 heterocycles. The Balaban J connectivity index is 1.35. The first-order valence-electron chi connectivity index (χ1n) is 11.1. The molecule has 2 fully saturated rings. The number of hydrogen-bond acceptors (Lipinski definition) is 5. The first-order valence-corrected chi connectivity index (χ1v) is 11.1. The van der Waals surface area contributed by atoms with Crippen LogP contribution in [0.15, 0.2) is 36.7 Å². The van der Waals surface area contributed by atoms with E-state index in [1.807, 2.05) is 18.0 Å². The Bertz CT molecular complexity index is 844. The van der Waals surface area contributed by atoms with Crippen LogP contribution in [0.3, 0.4) is 0 Å². The van der Waals surface area contributed by atoms with Crippen LogP contribution in [0.25, 0.3) is 5.69 Å². The summed E-state index contributed by atoms with van der Waals surface area (Å²) in [7, 11) is 0. The number of nitrogens with zero attached hydrogens (tertiary/aromatic N) is 5. The molecule has 2 saturated heterocycles. The molecule has 1 amide bonds. The molecule has 7 heteroatoms. The van der Waals surface area contributed by atoms with Crippen LogP contribution in [0.2, 0.25) is 0 Å². The van der Waals surface area contributed by atoms with Gasteiger partial charge in [-0.1, -0.05) is 12.1 Å². The fourth-order valence-electron chi connectivity index (χ4n) is 4.62. The number of amides is 1. The van der Waals surface area contributed by atoms with Crippen LogP contribution >= 0.6 is 0 Å². The summed E-state index contributed by atoms with van der Waals surface area (Å²) >= 11 is 0. The summed E-state index contributed by atoms with van der Waals surface area (Å²) in [4.78, 5) is 23.5. The van der Waals surface area contributed by atoms with Gasteiger partial charge in [-0.15, -0.1) is 0 Å². The second kappa shape index (κ2) is 9.62. The van der Waals surface area contributed by atoms with Gasteiger partial charge in [0, 0.05) is 56.8 Å². The summed E-state index contributed by atoms with van der Waals surface area (Å²) in [6, 6.07) is 9.11. The minimum absolute atomic E-state index is 0.176. The number of ether oxygens (including phenoxy) is 1. The third kappa shape index (κ3) is 4.84. The number of rotatable bonds is 5. The molecule has 30 heavy (non-hydrogen) atoms. The van der Waals surface area contributed by atoms with Crippen LogP contribution < -0.4 is 0 Å². The zero-order chi connectivity index (χ0) is 20.9. The number of carbonyl (C=O) groups is 1. The second-order valence-electron chi connectivity index (χ2n) is 8.31. The zero-order valence-electron chi connectivity index (χ0n) is 18.2. The Labute approximate surface area is 179 Å². The van der Waals surface area contributed by atoms with Gasteiger partial charge in [0.2, 0.25) is 0 Å². The standard InChI is InChI=1S/C23H33N5O2/c1-3-30-23(29)27-14-12-26(13-15-27)21-8-5-10-25(17-21)18-22-24-9-11-28(22)20-7-4-6-19(2)16-20/h4,6-7,9,11,16,21H,3,5,8,10,12-15,17-18H2,1-2H3/t21-/m1/s1. The van der Waals surface area contributed by atoms with Crippen LogP contribution in [0.4, 0.5) is 4.79 Å². The Morgan fingerprint density at radius 2 is 2.03 bits per heavy atom. The fraction of sp³-hybridized carbons (Fsp3) is 0.565. The number of aromatic nitrogens is 2. The summed E-state index contributed by atoms with van der Waals surface area (Å²) in [5, 5.41) is 0. The number of carbonyl (C=O) groups excluding carboxylic acids is 1. The monoisotopic (exact) mass is 411 g/mol. The number of imidazole rings is 1. The fourth-order valence-corrected chi connectivity index (χ4v) is 4.62. The van der Waals surface area contributed by atoms with E-state index in [1.165, 1.54) is 24.1 Å². The lowest BCUT2D eigenvalue weighted by molar-refractivity contribution is 0.0406.